The van der Waals surface area contributed by atoms with Gasteiger partial charge >= 0.3 is 6.09 Å². The van der Waals surface area contributed by atoms with Crippen LogP contribution in [0.15, 0.2) is 60.8 Å². The highest BCUT2D eigenvalue weighted by molar-refractivity contribution is 5.96. The summed E-state index contributed by atoms with van der Waals surface area (Å²) in [5, 5.41) is 17.9. The van der Waals surface area contributed by atoms with Crippen molar-refractivity contribution in [3.63, 3.8) is 0 Å². The van der Waals surface area contributed by atoms with Crippen molar-refractivity contribution in [3.8, 4) is 22.8 Å². The van der Waals surface area contributed by atoms with E-state index < -0.39 is 17.8 Å². The molecule has 2 heterocycles. The minimum absolute atomic E-state index is 0.00816. The van der Waals surface area contributed by atoms with Crippen LogP contribution in [0.1, 0.15) is 55.5 Å². The summed E-state index contributed by atoms with van der Waals surface area (Å²) in [6.45, 7) is 7.62. The average Bonchev–Trinajstić information content (AvgIpc) is 2.98. The molecule has 10 heteroatoms. The lowest BCUT2D eigenvalue weighted by Crippen LogP contribution is -2.54. The molecule has 0 bridgehead atoms. The Bertz CT molecular complexity index is 1400. The molecule has 2 aromatic carbocycles. The summed E-state index contributed by atoms with van der Waals surface area (Å²) in [4.78, 5) is 30.6. The van der Waals surface area contributed by atoms with E-state index in [2.05, 4.69) is 63.9 Å². The molecule has 1 aliphatic carbocycles. The summed E-state index contributed by atoms with van der Waals surface area (Å²) in [5.74, 6) is -0.615. The number of aromatic nitrogens is 1. The summed E-state index contributed by atoms with van der Waals surface area (Å²) in [5.41, 5.74) is 3.28. The van der Waals surface area contributed by atoms with Gasteiger partial charge in [-0.25, -0.2) is 14.2 Å². The molecule has 0 radical (unpaired) electrons. The summed E-state index contributed by atoms with van der Waals surface area (Å²) < 4.78 is 20.2. The number of piperazine rings is 1. The minimum atomic E-state index is -1.05. The average molecular weight is 590 g/mol. The SMILES string of the molecule is C[C@@H]1CN(CCc2ccc(-c3cccc(Oc4ncc(F)cc4C(=O)NC4CCC(NC(=O)O)CC4)c3)cc2)C[C@H](C)N1. The number of carbonyl (C=O) groups excluding carboxylic acids is 1. The molecule has 1 aliphatic heterocycles. The monoisotopic (exact) mass is 589 g/mol. The standard InChI is InChI=1S/C33H40FN5O4/c1-21-19-39(20-22(2)36-21)15-14-23-6-8-24(9-7-23)25-4-3-5-29(16-25)43-32-30(17-26(34)18-35-32)31(40)37-27-10-12-28(13-11-27)38-33(41)42/h3-9,16-18,21-22,27-28,36,38H,10-15,19-20H2,1-2H3,(H,37,40)(H,41,42)/t21-,22+,27?,28?. The van der Waals surface area contributed by atoms with Crippen LogP contribution < -0.4 is 20.7 Å². The molecule has 1 saturated heterocycles. The Morgan fingerprint density at radius 3 is 2.33 bits per heavy atom. The molecule has 43 heavy (non-hydrogen) atoms. The lowest BCUT2D eigenvalue weighted by molar-refractivity contribution is 0.0919. The summed E-state index contributed by atoms with van der Waals surface area (Å²) in [7, 11) is 0. The molecule has 2 aliphatic rings. The van der Waals surface area contributed by atoms with Crippen molar-refractivity contribution in [2.75, 3.05) is 19.6 Å². The predicted octanol–water partition coefficient (Wildman–Crippen LogP) is 5.21. The number of rotatable bonds is 9. The van der Waals surface area contributed by atoms with Gasteiger partial charge in [0.15, 0.2) is 0 Å². The maximum absolute atomic E-state index is 14.1. The fraction of sp³-hybridized carbons (Fsp3) is 0.424. The Kier molecular flexibility index (Phi) is 9.89. The maximum Gasteiger partial charge on any atom is 0.404 e. The van der Waals surface area contributed by atoms with E-state index in [1.807, 2.05) is 18.2 Å². The second kappa shape index (κ2) is 14.0. The topological polar surface area (TPSA) is 116 Å². The zero-order valence-corrected chi connectivity index (χ0v) is 24.7. The molecule has 4 N–H and O–H groups in total. The van der Waals surface area contributed by atoms with Crippen LogP contribution in [0.4, 0.5) is 9.18 Å². The van der Waals surface area contributed by atoms with Crippen LogP contribution in [0.5, 0.6) is 11.6 Å². The van der Waals surface area contributed by atoms with E-state index in [0.717, 1.165) is 49.4 Å². The van der Waals surface area contributed by atoms with Crippen molar-refractivity contribution in [1.82, 2.24) is 25.8 Å². The number of ether oxygens (including phenoxy) is 1. The minimum Gasteiger partial charge on any atom is -0.465 e. The van der Waals surface area contributed by atoms with E-state index in [4.69, 9.17) is 9.84 Å². The molecule has 9 nitrogen and oxygen atoms in total. The van der Waals surface area contributed by atoms with E-state index in [9.17, 15) is 14.0 Å². The number of nitrogens with zero attached hydrogens (tertiary/aromatic N) is 2. The summed E-state index contributed by atoms with van der Waals surface area (Å²) >= 11 is 0. The van der Waals surface area contributed by atoms with Crippen molar-refractivity contribution in [2.45, 2.75) is 70.1 Å². The number of nitrogens with one attached hydrogen (secondary N) is 3. The molecular formula is C33H40FN5O4. The van der Waals surface area contributed by atoms with Gasteiger partial charge in [-0.3, -0.25) is 9.69 Å². The molecule has 1 saturated carbocycles. The van der Waals surface area contributed by atoms with Crippen LogP contribution in [0.2, 0.25) is 0 Å². The van der Waals surface area contributed by atoms with Crippen LogP contribution in [0.25, 0.3) is 11.1 Å². The number of halogens is 1. The Hall–Kier alpha value is -4.02. The molecule has 0 unspecified atom stereocenters. The van der Waals surface area contributed by atoms with Gasteiger partial charge < -0.3 is 25.8 Å². The molecular weight excluding hydrogens is 549 g/mol. The number of pyridine rings is 1. The fourth-order valence-corrected chi connectivity index (χ4v) is 6.12. The first-order valence-corrected chi connectivity index (χ1v) is 15.0. The van der Waals surface area contributed by atoms with Crippen molar-refractivity contribution >= 4 is 12.0 Å². The maximum atomic E-state index is 14.1. The highest BCUT2D eigenvalue weighted by atomic mass is 19.1. The lowest BCUT2D eigenvalue weighted by atomic mass is 9.91. The van der Waals surface area contributed by atoms with Crippen molar-refractivity contribution in [1.29, 1.82) is 0 Å². The Morgan fingerprint density at radius 1 is 0.977 bits per heavy atom. The van der Waals surface area contributed by atoms with Crippen LogP contribution >= 0.6 is 0 Å². The molecule has 2 fully saturated rings. The molecule has 5 rings (SSSR count). The number of hydrogen-bond acceptors (Lipinski definition) is 6. The molecule has 2 atom stereocenters. The van der Waals surface area contributed by atoms with E-state index >= 15 is 0 Å². The van der Waals surface area contributed by atoms with E-state index in [-0.39, 0.29) is 23.5 Å². The van der Waals surface area contributed by atoms with Crippen LogP contribution in [-0.2, 0) is 6.42 Å². The second-order valence-corrected chi connectivity index (χ2v) is 11.8. The number of amides is 2. The molecule has 228 valence electrons. The van der Waals surface area contributed by atoms with Gasteiger partial charge in [-0.15, -0.1) is 0 Å². The second-order valence-electron chi connectivity index (χ2n) is 11.8. The number of carboxylic acid groups (broad SMARTS) is 1. The van der Waals surface area contributed by atoms with Crippen molar-refractivity contribution in [3.05, 3.63) is 77.7 Å². The first-order valence-electron chi connectivity index (χ1n) is 15.0. The quantitative estimate of drug-likeness (QED) is 0.271. The van der Waals surface area contributed by atoms with Gasteiger partial charge in [0, 0.05) is 43.8 Å². The van der Waals surface area contributed by atoms with Gasteiger partial charge in [-0.1, -0.05) is 36.4 Å². The Labute approximate surface area is 251 Å². The van der Waals surface area contributed by atoms with Crippen LogP contribution in [-0.4, -0.2) is 70.8 Å². The van der Waals surface area contributed by atoms with Crippen molar-refractivity contribution in [2.24, 2.45) is 0 Å². The number of benzene rings is 2. The van der Waals surface area contributed by atoms with Crippen molar-refractivity contribution < 1.29 is 23.8 Å². The molecule has 0 spiro atoms. The molecule has 3 aromatic rings. The predicted molar refractivity (Wildman–Crippen MR) is 163 cm³/mol. The summed E-state index contributed by atoms with van der Waals surface area (Å²) in [6, 6.07) is 17.9. The van der Waals surface area contributed by atoms with Crippen LogP contribution in [0.3, 0.4) is 0 Å². The van der Waals surface area contributed by atoms with E-state index in [0.29, 0.717) is 43.5 Å². The third-order valence-corrected chi connectivity index (χ3v) is 8.14. The highest BCUT2D eigenvalue weighted by Gasteiger charge is 2.26. The molecule has 1 aromatic heterocycles. The number of carbonyl (C=O) groups is 2. The van der Waals surface area contributed by atoms with Crippen LogP contribution in [0, 0.1) is 5.82 Å². The third kappa shape index (κ3) is 8.52. The zero-order chi connectivity index (χ0) is 30.3. The van der Waals surface area contributed by atoms with Gasteiger partial charge in [-0.05, 0) is 80.8 Å². The Balaban J connectivity index is 1.21. The largest absolute Gasteiger partial charge is 0.465 e. The van der Waals surface area contributed by atoms with E-state index in [1.165, 1.54) is 5.56 Å². The Morgan fingerprint density at radius 2 is 1.65 bits per heavy atom. The van der Waals surface area contributed by atoms with Gasteiger partial charge in [-0.2, -0.15) is 0 Å². The normalized spacial score (nSPS) is 22.5. The molecule has 2 amide bonds. The lowest BCUT2D eigenvalue weighted by Gasteiger charge is -2.36. The van der Waals surface area contributed by atoms with E-state index in [1.54, 1.807) is 6.07 Å². The van der Waals surface area contributed by atoms with Gasteiger partial charge in [0.05, 0.1) is 6.20 Å². The fourth-order valence-electron chi connectivity index (χ4n) is 6.12. The smallest absolute Gasteiger partial charge is 0.404 e. The van der Waals surface area contributed by atoms with Gasteiger partial charge in [0.25, 0.3) is 5.91 Å². The zero-order valence-electron chi connectivity index (χ0n) is 24.7. The highest BCUT2D eigenvalue weighted by Crippen LogP contribution is 2.29. The first-order chi connectivity index (χ1) is 20.7. The third-order valence-electron chi connectivity index (χ3n) is 8.14. The summed E-state index contributed by atoms with van der Waals surface area (Å²) in [6.07, 6.45) is 3.43. The van der Waals surface area contributed by atoms with Gasteiger partial charge in [0.1, 0.15) is 17.1 Å². The first kappa shape index (κ1) is 30.4. The van der Waals surface area contributed by atoms with Gasteiger partial charge in [0.2, 0.25) is 5.88 Å². The number of hydrogen-bond donors (Lipinski definition) is 4.